The highest BCUT2D eigenvalue weighted by Crippen LogP contribution is 2.13. The highest BCUT2D eigenvalue weighted by molar-refractivity contribution is 5.75. The van der Waals surface area contributed by atoms with E-state index < -0.39 is 0 Å². The van der Waals surface area contributed by atoms with Crippen LogP contribution in [0.3, 0.4) is 0 Å². The predicted molar refractivity (Wildman–Crippen MR) is 45.2 cm³/mol. The minimum atomic E-state index is 0. The molecular formula is C8H12Mg. The lowest BCUT2D eigenvalue weighted by atomic mass is 10.2. The van der Waals surface area contributed by atoms with Gasteiger partial charge in [0.25, 0.3) is 0 Å². The molecule has 46 valence electrons. The molecule has 0 saturated carbocycles. The quantitative estimate of drug-likeness (QED) is 0.395. The summed E-state index contributed by atoms with van der Waals surface area (Å²) in [5.41, 5.74) is 1.47. The lowest BCUT2D eigenvalue weighted by molar-refractivity contribution is 1.14. The Labute approximate surface area is 72.5 Å². The lowest BCUT2D eigenvalue weighted by Crippen LogP contribution is -1.70. The van der Waals surface area contributed by atoms with Crippen LogP contribution in [0.25, 0.3) is 0 Å². The Balaban J connectivity index is 0.000000640. The van der Waals surface area contributed by atoms with Crippen molar-refractivity contribution in [1.82, 2.24) is 0 Å². The second-order valence-electron chi connectivity index (χ2n) is 1.95. The lowest BCUT2D eigenvalue weighted by Gasteiger charge is -1.90. The summed E-state index contributed by atoms with van der Waals surface area (Å²) in [7, 11) is 0. The smallest absolute Gasteiger partial charge is 0.103 e. The topological polar surface area (TPSA) is 0 Å². The first-order chi connectivity index (χ1) is 3.93. The zero-order chi connectivity index (χ0) is 5.82. The van der Waals surface area contributed by atoms with Crippen LogP contribution in [0, 0.1) is 0 Å². The van der Waals surface area contributed by atoms with E-state index in [0.717, 1.165) is 12.8 Å². The van der Waals surface area contributed by atoms with Crippen molar-refractivity contribution in [3.63, 3.8) is 0 Å². The fourth-order valence-corrected chi connectivity index (χ4v) is 0.828. The zero-order valence-corrected chi connectivity index (χ0v) is 4.93. The van der Waals surface area contributed by atoms with Gasteiger partial charge in [-0.1, -0.05) is 29.9 Å². The maximum absolute atomic E-state index is 3.66. The summed E-state index contributed by atoms with van der Waals surface area (Å²) in [6.07, 6.45) is 10.5. The van der Waals surface area contributed by atoms with Crippen LogP contribution in [0.2, 0.25) is 0 Å². The van der Waals surface area contributed by atoms with Gasteiger partial charge in [-0.05, 0) is 12.8 Å². The molecule has 0 radical (unpaired) electrons. The molecule has 0 aliphatic heterocycles. The van der Waals surface area contributed by atoms with Crippen molar-refractivity contribution in [2.24, 2.45) is 0 Å². The zero-order valence-electron chi connectivity index (χ0n) is 4.93. The van der Waals surface area contributed by atoms with Gasteiger partial charge in [0.15, 0.2) is 0 Å². The van der Waals surface area contributed by atoms with E-state index in [4.69, 9.17) is 0 Å². The van der Waals surface area contributed by atoms with E-state index in [9.17, 15) is 0 Å². The number of rotatable bonds is 2. The van der Waals surface area contributed by atoms with Crippen LogP contribution in [0.4, 0.5) is 0 Å². The van der Waals surface area contributed by atoms with Crippen LogP contribution in [0.15, 0.2) is 36.5 Å². The number of hydrogen-bond donors (Lipinski definition) is 0. The molecular weight excluding hydrogens is 120 g/mol. The van der Waals surface area contributed by atoms with Gasteiger partial charge in [-0.3, -0.25) is 0 Å². The van der Waals surface area contributed by atoms with E-state index in [-0.39, 0.29) is 23.1 Å². The molecule has 0 aromatic rings. The van der Waals surface area contributed by atoms with E-state index in [0.29, 0.717) is 0 Å². The molecule has 0 nitrogen and oxygen atoms in total. The van der Waals surface area contributed by atoms with Gasteiger partial charge in [-0.15, -0.1) is 6.58 Å². The summed E-state index contributed by atoms with van der Waals surface area (Å²) in [6, 6.07) is 0. The summed E-state index contributed by atoms with van der Waals surface area (Å²) < 4.78 is 0. The van der Waals surface area contributed by atoms with Crippen molar-refractivity contribution in [2.75, 3.05) is 0 Å². The first-order valence-corrected chi connectivity index (χ1v) is 2.89. The standard InChI is InChI=1S/C8H10.Mg.2H/c1-2-5-8-6-3-4-7-8;;;/h2-4,6H,1,5,7H2;;;. The van der Waals surface area contributed by atoms with Gasteiger partial charge in [0.1, 0.15) is 0 Å². The minimum absolute atomic E-state index is 0. The molecule has 0 fully saturated rings. The highest BCUT2D eigenvalue weighted by atomic mass is 24.3. The summed E-state index contributed by atoms with van der Waals surface area (Å²) >= 11 is 0. The van der Waals surface area contributed by atoms with Crippen LogP contribution in [0.5, 0.6) is 0 Å². The summed E-state index contributed by atoms with van der Waals surface area (Å²) in [4.78, 5) is 0. The van der Waals surface area contributed by atoms with Crippen molar-refractivity contribution in [1.29, 1.82) is 0 Å². The average Bonchev–Trinajstić information content (AvgIpc) is 2.19. The molecule has 0 spiro atoms. The molecule has 0 heterocycles. The molecule has 0 bridgehead atoms. The molecule has 0 N–H and O–H groups in total. The highest BCUT2D eigenvalue weighted by Gasteiger charge is 1.93. The van der Waals surface area contributed by atoms with Crippen molar-refractivity contribution in [3.05, 3.63) is 36.5 Å². The third-order valence-corrected chi connectivity index (χ3v) is 1.25. The van der Waals surface area contributed by atoms with Gasteiger partial charge < -0.3 is 0 Å². The fraction of sp³-hybridized carbons (Fsp3) is 0.250. The van der Waals surface area contributed by atoms with E-state index in [1.165, 1.54) is 5.57 Å². The predicted octanol–water partition coefficient (Wildman–Crippen LogP) is 1.53. The molecule has 9 heavy (non-hydrogen) atoms. The SMILES string of the molecule is C=CCC1=CC=CC1.[MgH2]. The molecule has 1 aliphatic rings. The number of allylic oxidation sites excluding steroid dienone is 5. The van der Waals surface area contributed by atoms with Crippen LogP contribution >= 0.6 is 0 Å². The maximum atomic E-state index is 3.66. The number of hydrogen-bond acceptors (Lipinski definition) is 0. The van der Waals surface area contributed by atoms with Crippen LogP contribution in [-0.4, -0.2) is 23.1 Å². The molecule has 0 amide bonds. The van der Waals surface area contributed by atoms with Gasteiger partial charge in [0.2, 0.25) is 0 Å². The third-order valence-electron chi connectivity index (χ3n) is 1.25. The monoisotopic (exact) mass is 132 g/mol. The molecule has 0 atom stereocenters. The molecule has 0 saturated heterocycles. The van der Waals surface area contributed by atoms with E-state index in [1.807, 2.05) is 6.08 Å². The van der Waals surface area contributed by atoms with Crippen molar-refractivity contribution >= 4 is 23.1 Å². The first-order valence-electron chi connectivity index (χ1n) is 2.89. The molecule has 1 aliphatic carbocycles. The largest absolute Gasteiger partial charge is 0.316 e. The average molecular weight is 132 g/mol. The van der Waals surface area contributed by atoms with Crippen molar-refractivity contribution < 1.29 is 0 Å². The Hall–Kier alpha value is -0.0138. The summed E-state index contributed by atoms with van der Waals surface area (Å²) in [5, 5.41) is 0. The van der Waals surface area contributed by atoms with E-state index in [1.54, 1.807) is 0 Å². The third kappa shape index (κ3) is 2.87. The van der Waals surface area contributed by atoms with Gasteiger partial charge >= 0.3 is 23.1 Å². The molecule has 1 heteroatoms. The fourth-order valence-electron chi connectivity index (χ4n) is 0.828. The molecule has 0 aromatic carbocycles. The minimum Gasteiger partial charge on any atom is -0.103 e. The molecule has 0 aromatic heterocycles. The molecule has 0 unspecified atom stereocenters. The maximum Gasteiger partial charge on any atom is 0.316 e. The Morgan fingerprint density at radius 3 is 2.89 bits per heavy atom. The normalized spacial score (nSPS) is 14.4. The van der Waals surface area contributed by atoms with Crippen molar-refractivity contribution in [2.45, 2.75) is 12.8 Å². The Kier molecular flexibility index (Phi) is 4.82. The van der Waals surface area contributed by atoms with E-state index in [2.05, 4.69) is 24.8 Å². The summed E-state index contributed by atoms with van der Waals surface area (Å²) in [5.74, 6) is 0. The van der Waals surface area contributed by atoms with Gasteiger partial charge in [-0.2, -0.15) is 0 Å². The Morgan fingerprint density at radius 1 is 1.67 bits per heavy atom. The second kappa shape index (κ2) is 4.83. The van der Waals surface area contributed by atoms with Gasteiger partial charge in [-0.25, -0.2) is 0 Å². The van der Waals surface area contributed by atoms with Crippen molar-refractivity contribution in [3.8, 4) is 0 Å². The van der Waals surface area contributed by atoms with Gasteiger partial charge in [0, 0.05) is 0 Å². The molecule has 1 rings (SSSR count). The Morgan fingerprint density at radius 2 is 2.44 bits per heavy atom. The Bertz CT molecular complexity index is 143. The van der Waals surface area contributed by atoms with E-state index >= 15 is 0 Å². The van der Waals surface area contributed by atoms with Crippen LogP contribution in [0.1, 0.15) is 12.8 Å². The summed E-state index contributed by atoms with van der Waals surface area (Å²) in [6.45, 7) is 3.66. The van der Waals surface area contributed by atoms with Gasteiger partial charge in [0.05, 0.1) is 0 Å². The second-order valence-corrected chi connectivity index (χ2v) is 1.95. The van der Waals surface area contributed by atoms with Crippen LogP contribution in [-0.2, 0) is 0 Å². The van der Waals surface area contributed by atoms with Crippen LogP contribution < -0.4 is 0 Å². The first kappa shape index (κ1) is 8.99.